The molecular weight excluding hydrogens is 248 g/mol. The Morgan fingerprint density at radius 1 is 1.16 bits per heavy atom. The molecule has 0 aromatic heterocycles. The molecule has 0 spiro atoms. The molecule has 104 valence electrons. The molecule has 1 aromatic carbocycles. The van der Waals surface area contributed by atoms with Crippen LogP contribution in [0.5, 0.6) is 0 Å². The van der Waals surface area contributed by atoms with Gasteiger partial charge in [0, 0.05) is 44.3 Å². The van der Waals surface area contributed by atoms with E-state index < -0.39 is 11.6 Å². The van der Waals surface area contributed by atoms with Crippen LogP contribution in [0.3, 0.4) is 0 Å². The predicted molar refractivity (Wildman–Crippen MR) is 70.0 cm³/mol. The third-order valence-electron chi connectivity index (χ3n) is 4.33. The number of rotatable bonds is 3. The molecule has 1 N–H and O–H groups in total. The van der Waals surface area contributed by atoms with Gasteiger partial charge in [-0.25, -0.2) is 8.78 Å². The van der Waals surface area contributed by atoms with Crippen LogP contribution in [0.4, 0.5) is 8.78 Å². The van der Waals surface area contributed by atoms with Gasteiger partial charge in [-0.15, -0.1) is 0 Å². The summed E-state index contributed by atoms with van der Waals surface area (Å²) in [6.45, 7) is 4.97. The number of fused-ring (bicyclic) bond motifs is 3. The van der Waals surface area contributed by atoms with E-state index in [1.807, 2.05) is 0 Å². The van der Waals surface area contributed by atoms with E-state index in [-0.39, 0.29) is 17.6 Å². The van der Waals surface area contributed by atoms with Crippen molar-refractivity contribution in [2.75, 3.05) is 39.8 Å². The van der Waals surface area contributed by atoms with Crippen LogP contribution in [0.15, 0.2) is 18.2 Å². The molecule has 5 heteroatoms. The van der Waals surface area contributed by atoms with E-state index in [0.29, 0.717) is 0 Å². The summed E-state index contributed by atoms with van der Waals surface area (Å²) in [5, 5.41) is 3.11. The van der Waals surface area contributed by atoms with Gasteiger partial charge in [0.1, 0.15) is 11.6 Å². The predicted octanol–water partition coefficient (Wildman–Crippen LogP) is 1.23. The van der Waals surface area contributed by atoms with E-state index in [9.17, 15) is 8.78 Å². The zero-order valence-electron chi connectivity index (χ0n) is 11.1. The first kappa shape index (κ1) is 13.0. The van der Waals surface area contributed by atoms with Crippen LogP contribution in [0.1, 0.15) is 11.6 Å². The summed E-state index contributed by atoms with van der Waals surface area (Å²) in [4.78, 5) is 4.71. The lowest BCUT2D eigenvalue weighted by atomic mass is 9.93. The van der Waals surface area contributed by atoms with Crippen LogP contribution in [0.25, 0.3) is 0 Å². The standard InChI is InChI=1S/C14H19F2N3/c1-17-14(13-10(15)3-2-4-11(13)16)12-9-18-5-7-19(12)8-6-18/h2-4,12,14,17H,5-9H2,1H3. The minimum atomic E-state index is -0.461. The molecule has 2 unspecified atom stereocenters. The first-order chi connectivity index (χ1) is 9.20. The van der Waals surface area contributed by atoms with Gasteiger partial charge >= 0.3 is 0 Å². The molecule has 3 fully saturated rings. The Bertz CT molecular complexity index is 438. The van der Waals surface area contributed by atoms with Gasteiger partial charge in [0.05, 0.1) is 6.04 Å². The summed E-state index contributed by atoms with van der Waals surface area (Å²) >= 11 is 0. The highest BCUT2D eigenvalue weighted by Gasteiger charge is 2.38. The fourth-order valence-corrected chi connectivity index (χ4v) is 3.31. The van der Waals surface area contributed by atoms with E-state index in [2.05, 4.69) is 15.1 Å². The van der Waals surface area contributed by atoms with Crippen LogP contribution < -0.4 is 5.32 Å². The monoisotopic (exact) mass is 267 g/mol. The summed E-state index contributed by atoms with van der Waals surface area (Å²) < 4.78 is 27.9. The lowest BCUT2D eigenvalue weighted by Crippen LogP contribution is -2.63. The van der Waals surface area contributed by atoms with Crippen molar-refractivity contribution in [1.29, 1.82) is 0 Å². The number of likely N-dealkylation sites (N-methyl/N-ethyl adjacent to an activating group) is 1. The fraction of sp³-hybridized carbons (Fsp3) is 0.571. The van der Waals surface area contributed by atoms with Crippen molar-refractivity contribution in [3.05, 3.63) is 35.4 Å². The minimum absolute atomic E-state index is 0.138. The molecule has 3 nitrogen and oxygen atoms in total. The van der Waals surface area contributed by atoms with Crippen LogP contribution in [0.2, 0.25) is 0 Å². The van der Waals surface area contributed by atoms with Gasteiger partial charge in [0.25, 0.3) is 0 Å². The van der Waals surface area contributed by atoms with E-state index in [1.165, 1.54) is 18.2 Å². The van der Waals surface area contributed by atoms with Crippen LogP contribution in [0, 0.1) is 11.6 Å². The molecule has 2 atom stereocenters. The zero-order valence-corrected chi connectivity index (χ0v) is 11.1. The third-order valence-corrected chi connectivity index (χ3v) is 4.33. The summed E-state index contributed by atoms with van der Waals surface area (Å²) in [7, 11) is 1.77. The summed E-state index contributed by atoms with van der Waals surface area (Å²) in [5.74, 6) is -0.922. The number of hydrogen-bond acceptors (Lipinski definition) is 3. The van der Waals surface area contributed by atoms with Crippen LogP contribution >= 0.6 is 0 Å². The van der Waals surface area contributed by atoms with Gasteiger partial charge in [-0.05, 0) is 19.2 Å². The first-order valence-electron chi connectivity index (χ1n) is 6.78. The maximum atomic E-state index is 14.0. The van der Waals surface area contributed by atoms with E-state index in [0.717, 1.165) is 32.7 Å². The minimum Gasteiger partial charge on any atom is -0.311 e. The summed E-state index contributed by atoms with van der Waals surface area (Å²) in [5.41, 5.74) is 0.170. The van der Waals surface area contributed by atoms with E-state index >= 15 is 0 Å². The summed E-state index contributed by atoms with van der Waals surface area (Å²) in [6.07, 6.45) is 0. The number of hydrogen-bond donors (Lipinski definition) is 1. The van der Waals surface area contributed by atoms with E-state index in [1.54, 1.807) is 7.05 Å². The molecule has 1 aromatic rings. The maximum Gasteiger partial charge on any atom is 0.130 e. The molecule has 0 aliphatic carbocycles. The molecule has 3 aliphatic rings. The third kappa shape index (κ3) is 2.26. The maximum absolute atomic E-state index is 14.0. The van der Waals surface area contributed by atoms with Gasteiger partial charge in [-0.3, -0.25) is 9.80 Å². The smallest absolute Gasteiger partial charge is 0.130 e. The quantitative estimate of drug-likeness (QED) is 0.888. The molecule has 3 saturated heterocycles. The average molecular weight is 267 g/mol. The normalized spacial score (nSPS) is 31.4. The molecule has 3 aliphatic heterocycles. The number of benzene rings is 1. The Labute approximate surface area is 112 Å². The van der Waals surface area contributed by atoms with Crippen molar-refractivity contribution in [3.63, 3.8) is 0 Å². The molecule has 4 rings (SSSR count). The largest absolute Gasteiger partial charge is 0.311 e. The zero-order chi connectivity index (χ0) is 13.4. The number of halogens is 2. The summed E-state index contributed by atoms with van der Waals surface area (Å²) in [6, 6.07) is 3.92. The molecule has 0 saturated carbocycles. The number of nitrogens with zero attached hydrogens (tertiary/aromatic N) is 2. The van der Waals surface area contributed by atoms with Gasteiger partial charge in [-0.1, -0.05) is 6.07 Å². The Morgan fingerprint density at radius 2 is 1.79 bits per heavy atom. The highest BCUT2D eigenvalue weighted by atomic mass is 19.1. The lowest BCUT2D eigenvalue weighted by Gasteiger charge is -2.50. The molecule has 3 heterocycles. The molecule has 2 bridgehead atoms. The van der Waals surface area contributed by atoms with Crippen molar-refractivity contribution in [2.24, 2.45) is 0 Å². The topological polar surface area (TPSA) is 18.5 Å². The molecule has 0 radical (unpaired) electrons. The highest BCUT2D eigenvalue weighted by molar-refractivity contribution is 5.25. The Hall–Kier alpha value is -1.04. The number of nitrogens with one attached hydrogen (secondary N) is 1. The Kier molecular flexibility index (Phi) is 3.52. The Morgan fingerprint density at radius 3 is 2.26 bits per heavy atom. The molecule has 0 amide bonds. The highest BCUT2D eigenvalue weighted by Crippen LogP contribution is 2.30. The van der Waals surface area contributed by atoms with Crippen molar-refractivity contribution in [3.8, 4) is 0 Å². The molecular formula is C14H19F2N3. The fourth-order valence-electron chi connectivity index (χ4n) is 3.31. The van der Waals surface area contributed by atoms with Crippen LogP contribution in [-0.2, 0) is 0 Å². The van der Waals surface area contributed by atoms with Gasteiger partial charge < -0.3 is 5.32 Å². The van der Waals surface area contributed by atoms with Gasteiger partial charge in [0.2, 0.25) is 0 Å². The van der Waals surface area contributed by atoms with E-state index in [4.69, 9.17) is 0 Å². The first-order valence-corrected chi connectivity index (χ1v) is 6.78. The number of piperazine rings is 3. The van der Waals surface area contributed by atoms with Crippen LogP contribution in [-0.4, -0.2) is 55.6 Å². The SMILES string of the molecule is CNC(c1c(F)cccc1F)C1CN2CCN1CC2. The van der Waals surface area contributed by atoms with Crippen molar-refractivity contribution in [1.82, 2.24) is 15.1 Å². The van der Waals surface area contributed by atoms with Crippen molar-refractivity contribution >= 4 is 0 Å². The Balaban J connectivity index is 1.92. The second kappa shape index (κ2) is 5.15. The second-order valence-corrected chi connectivity index (χ2v) is 5.31. The lowest BCUT2D eigenvalue weighted by molar-refractivity contribution is -0.00356. The van der Waals surface area contributed by atoms with Gasteiger partial charge in [0.15, 0.2) is 0 Å². The average Bonchev–Trinajstić information content (AvgIpc) is 2.44. The second-order valence-electron chi connectivity index (χ2n) is 5.31. The van der Waals surface area contributed by atoms with Gasteiger partial charge in [-0.2, -0.15) is 0 Å². The molecule has 19 heavy (non-hydrogen) atoms. The van der Waals surface area contributed by atoms with Crippen molar-refractivity contribution in [2.45, 2.75) is 12.1 Å². The van der Waals surface area contributed by atoms with Crippen molar-refractivity contribution < 1.29 is 8.78 Å².